The molecule has 5 heteroatoms. The highest BCUT2D eigenvalue weighted by atomic mass is 16.4. The van der Waals surface area contributed by atoms with E-state index in [4.69, 9.17) is 5.11 Å². The van der Waals surface area contributed by atoms with Crippen LogP contribution in [0.15, 0.2) is 18.3 Å². The zero-order chi connectivity index (χ0) is 13.4. The van der Waals surface area contributed by atoms with E-state index in [-0.39, 0.29) is 5.91 Å². The highest BCUT2D eigenvalue weighted by Crippen LogP contribution is 2.36. The smallest absolute Gasteiger partial charge is 0.308 e. The van der Waals surface area contributed by atoms with Crippen LogP contribution in [0.1, 0.15) is 42.2 Å². The van der Waals surface area contributed by atoms with E-state index in [1.165, 1.54) is 0 Å². The summed E-state index contributed by atoms with van der Waals surface area (Å²) >= 11 is 0. The van der Waals surface area contributed by atoms with Gasteiger partial charge in [-0.2, -0.15) is 0 Å². The largest absolute Gasteiger partial charge is 0.481 e. The van der Waals surface area contributed by atoms with Crippen molar-refractivity contribution in [2.24, 2.45) is 5.92 Å². The molecule has 1 saturated heterocycles. The molecule has 1 amide bonds. The van der Waals surface area contributed by atoms with Crippen molar-refractivity contribution in [1.29, 1.82) is 0 Å². The Kier molecular flexibility index (Phi) is 3.05. The lowest BCUT2D eigenvalue weighted by atomic mass is 9.98. The molecule has 3 rings (SSSR count). The molecule has 1 aliphatic heterocycles. The number of hydrogen-bond donors (Lipinski definition) is 1. The average molecular weight is 262 g/mol. The quantitative estimate of drug-likeness (QED) is 0.902. The van der Waals surface area contributed by atoms with Crippen molar-refractivity contribution in [3.8, 4) is 0 Å². The summed E-state index contributed by atoms with van der Waals surface area (Å²) in [5, 5.41) is 9.08. The molecule has 1 unspecified atom stereocenters. The number of aromatic nitrogens is 1. The second kappa shape index (κ2) is 4.72. The maximum absolute atomic E-state index is 12.5. The highest BCUT2D eigenvalue weighted by molar-refractivity contribution is 5.93. The van der Waals surface area contributed by atoms with Crippen LogP contribution in [-0.2, 0) is 4.79 Å². The number of carboxylic acids is 1. The van der Waals surface area contributed by atoms with Gasteiger partial charge in [0.1, 0.15) is 5.69 Å². The number of carboxylic acid groups (broad SMARTS) is 1. The lowest BCUT2D eigenvalue weighted by molar-refractivity contribution is -0.143. The van der Waals surface area contributed by atoms with Crippen LogP contribution in [-0.4, -0.2) is 39.5 Å². The Bertz CT molecular complexity index is 505. The molecule has 2 heterocycles. The SMILES string of the molecule is O=C(O)C1CCCN(C(=O)c2cccn2C2CC2)C1. The lowest BCUT2D eigenvalue weighted by Gasteiger charge is -2.31. The van der Waals surface area contributed by atoms with Crippen LogP contribution in [0.5, 0.6) is 0 Å². The Balaban J connectivity index is 1.75. The van der Waals surface area contributed by atoms with E-state index in [2.05, 4.69) is 0 Å². The Morgan fingerprint density at radius 2 is 2.05 bits per heavy atom. The normalized spacial score (nSPS) is 23.4. The van der Waals surface area contributed by atoms with Gasteiger partial charge in [0, 0.05) is 25.3 Å². The summed E-state index contributed by atoms with van der Waals surface area (Å²) in [4.78, 5) is 25.2. The molecule has 0 bridgehead atoms. The fourth-order valence-corrected chi connectivity index (χ4v) is 2.77. The Hall–Kier alpha value is -1.78. The number of amides is 1. The van der Waals surface area contributed by atoms with Crippen molar-refractivity contribution in [3.63, 3.8) is 0 Å². The first-order chi connectivity index (χ1) is 9.16. The van der Waals surface area contributed by atoms with Crippen molar-refractivity contribution in [3.05, 3.63) is 24.0 Å². The summed E-state index contributed by atoms with van der Waals surface area (Å²) in [6.07, 6.45) is 5.65. The van der Waals surface area contributed by atoms with Gasteiger partial charge in [-0.15, -0.1) is 0 Å². The van der Waals surface area contributed by atoms with Gasteiger partial charge in [-0.3, -0.25) is 9.59 Å². The van der Waals surface area contributed by atoms with E-state index in [1.807, 2.05) is 22.9 Å². The molecule has 5 nitrogen and oxygen atoms in total. The molecule has 2 fully saturated rings. The van der Waals surface area contributed by atoms with Crippen LogP contribution in [0.2, 0.25) is 0 Å². The Labute approximate surface area is 111 Å². The van der Waals surface area contributed by atoms with Crippen LogP contribution in [0.3, 0.4) is 0 Å². The first kappa shape index (κ1) is 12.3. The average Bonchev–Trinajstić information content (AvgIpc) is 3.15. The van der Waals surface area contributed by atoms with Gasteiger partial charge in [0.05, 0.1) is 5.92 Å². The molecule has 0 radical (unpaired) electrons. The molecule has 1 N–H and O–H groups in total. The number of carbonyl (C=O) groups excluding carboxylic acids is 1. The van der Waals surface area contributed by atoms with Crippen LogP contribution < -0.4 is 0 Å². The molecular weight excluding hydrogens is 244 g/mol. The fourth-order valence-electron chi connectivity index (χ4n) is 2.77. The summed E-state index contributed by atoms with van der Waals surface area (Å²) in [5.74, 6) is -1.24. The second-order valence-corrected chi connectivity index (χ2v) is 5.46. The van der Waals surface area contributed by atoms with Crippen molar-refractivity contribution < 1.29 is 14.7 Å². The zero-order valence-corrected chi connectivity index (χ0v) is 10.8. The van der Waals surface area contributed by atoms with Crippen LogP contribution in [0.4, 0.5) is 0 Å². The predicted molar refractivity (Wildman–Crippen MR) is 69.0 cm³/mol. The third-order valence-electron chi connectivity index (χ3n) is 4.00. The third-order valence-corrected chi connectivity index (χ3v) is 4.00. The van der Waals surface area contributed by atoms with Gasteiger partial charge in [-0.25, -0.2) is 0 Å². The van der Waals surface area contributed by atoms with Crippen LogP contribution >= 0.6 is 0 Å². The maximum Gasteiger partial charge on any atom is 0.308 e. The number of hydrogen-bond acceptors (Lipinski definition) is 2. The summed E-state index contributed by atoms with van der Waals surface area (Å²) in [5.41, 5.74) is 0.702. The summed E-state index contributed by atoms with van der Waals surface area (Å²) in [7, 11) is 0. The van der Waals surface area contributed by atoms with Crippen molar-refractivity contribution in [2.75, 3.05) is 13.1 Å². The number of aliphatic carboxylic acids is 1. The van der Waals surface area contributed by atoms with Gasteiger partial charge in [-0.05, 0) is 37.8 Å². The van der Waals surface area contributed by atoms with E-state index in [1.54, 1.807) is 4.90 Å². The van der Waals surface area contributed by atoms with Gasteiger partial charge in [0.25, 0.3) is 5.91 Å². The lowest BCUT2D eigenvalue weighted by Crippen LogP contribution is -2.42. The third kappa shape index (κ3) is 2.37. The van der Waals surface area contributed by atoms with Gasteiger partial charge in [0.15, 0.2) is 0 Å². The van der Waals surface area contributed by atoms with Crippen molar-refractivity contribution in [1.82, 2.24) is 9.47 Å². The molecule has 0 spiro atoms. The van der Waals surface area contributed by atoms with E-state index in [0.29, 0.717) is 31.2 Å². The number of piperidine rings is 1. The minimum absolute atomic E-state index is 0.0251. The van der Waals surface area contributed by atoms with Gasteiger partial charge in [0.2, 0.25) is 0 Å². The Morgan fingerprint density at radius 3 is 2.74 bits per heavy atom. The molecule has 0 aromatic carbocycles. The molecule has 19 heavy (non-hydrogen) atoms. The number of rotatable bonds is 3. The van der Waals surface area contributed by atoms with E-state index >= 15 is 0 Å². The highest BCUT2D eigenvalue weighted by Gasteiger charge is 2.32. The molecule has 102 valence electrons. The van der Waals surface area contributed by atoms with E-state index in [0.717, 1.165) is 19.3 Å². The van der Waals surface area contributed by atoms with Gasteiger partial charge >= 0.3 is 5.97 Å². The minimum Gasteiger partial charge on any atom is -0.481 e. The number of carbonyl (C=O) groups is 2. The number of nitrogens with zero attached hydrogens (tertiary/aromatic N) is 2. The van der Waals surface area contributed by atoms with Crippen molar-refractivity contribution >= 4 is 11.9 Å². The molecule has 1 atom stereocenters. The van der Waals surface area contributed by atoms with Gasteiger partial charge < -0.3 is 14.6 Å². The molecule has 1 aromatic rings. The molecule has 2 aliphatic rings. The first-order valence-electron chi connectivity index (χ1n) is 6.85. The van der Waals surface area contributed by atoms with Crippen LogP contribution in [0.25, 0.3) is 0 Å². The number of likely N-dealkylation sites (tertiary alicyclic amines) is 1. The van der Waals surface area contributed by atoms with E-state index < -0.39 is 11.9 Å². The van der Waals surface area contributed by atoms with Crippen molar-refractivity contribution in [2.45, 2.75) is 31.7 Å². The second-order valence-electron chi connectivity index (χ2n) is 5.46. The Morgan fingerprint density at radius 1 is 1.26 bits per heavy atom. The maximum atomic E-state index is 12.5. The first-order valence-corrected chi connectivity index (χ1v) is 6.85. The summed E-state index contributed by atoms with van der Waals surface area (Å²) in [6.45, 7) is 1.00. The predicted octanol–water partition coefficient (Wildman–Crippen LogP) is 1.76. The fraction of sp³-hybridized carbons (Fsp3) is 0.571. The zero-order valence-electron chi connectivity index (χ0n) is 10.8. The minimum atomic E-state index is -0.796. The molecular formula is C14H18N2O3. The monoisotopic (exact) mass is 262 g/mol. The summed E-state index contributed by atoms with van der Waals surface area (Å²) < 4.78 is 2.03. The topological polar surface area (TPSA) is 62.5 Å². The van der Waals surface area contributed by atoms with E-state index in [9.17, 15) is 9.59 Å². The van der Waals surface area contributed by atoms with Crippen LogP contribution in [0, 0.1) is 5.92 Å². The standard InChI is InChI=1S/C14H18N2O3/c17-13(12-4-2-8-16(12)11-5-6-11)15-7-1-3-10(9-15)14(18)19/h2,4,8,10-11H,1,3,5-7,9H2,(H,18,19). The summed E-state index contributed by atoms with van der Waals surface area (Å²) in [6, 6.07) is 4.20. The molecule has 1 saturated carbocycles. The molecule has 1 aromatic heterocycles. The van der Waals surface area contributed by atoms with Gasteiger partial charge in [-0.1, -0.05) is 0 Å². The molecule has 1 aliphatic carbocycles.